The van der Waals surface area contributed by atoms with E-state index in [1.54, 1.807) is 18.2 Å². The van der Waals surface area contributed by atoms with Gasteiger partial charge in [-0.15, -0.1) is 0 Å². The fraction of sp³-hybridized carbons (Fsp3) is 0.405. The van der Waals surface area contributed by atoms with Crippen LogP contribution in [-0.2, 0) is 17.6 Å². The molecule has 0 amide bonds. The molecule has 0 saturated heterocycles. The van der Waals surface area contributed by atoms with E-state index in [2.05, 4.69) is 17.2 Å². The molecule has 246 valence electrons. The van der Waals surface area contributed by atoms with Crippen LogP contribution in [0.3, 0.4) is 0 Å². The summed E-state index contributed by atoms with van der Waals surface area (Å²) >= 11 is 0. The van der Waals surface area contributed by atoms with Gasteiger partial charge in [-0.1, -0.05) is 43.4 Å². The molecule has 0 aromatic heterocycles. The second kappa shape index (κ2) is 14.2. The number of carbonyl (C=O) groups excluding carboxylic acids is 1. The highest BCUT2D eigenvalue weighted by Crippen LogP contribution is 2.37. The SMILES string of the molecule is CCCC(O)CC(O)CC(=O)CCc1ccc(O)c(OC2CC#CC(O)c3ccc4c(c3CC3=CN=C5CN2C=C35)C=CNC4N)c1. The largest absolute Gasteiger partial charge is 0.504 e. The fourth-order valence-electron chi connectivity index (χ4n) is 6.61. The van der Waals surface area contributed by atoms with Gasteiger partial charge >= 0.3 is 0 Å². The molecule has 6 rings (SSSR count). The first-order valence-corrected chi connectivity index (χ1v) is 16.3. The third kappa shape index (κ3) is 7.29. The number of aliphatic imine (C=N–C) groups is 1. The second-order valence-electron chi connectivity index (χ2n) is 12.6. The number of nitrogens with one attached hydrogen (secondary N) is 1. The van der Waals surface area contributed by atoms with Crippen molar-refractivity contribution >= 4 is 17.6 Å². The second-order valence-corrected chi connectivity index (χ2v) is 12.6. The number of aryl methyl sites for hydroxylation is 1. The van der Waals surface area contributed by atoms with Gasteiger partial charge in [0.2, 0.25) is 0 Å². The molecule has 0 spiro atoms. The smallest absolute Gasteiger partial charge is 0.183 e. The van der Waals surface area contributed by atoms with Crippen LogP contribution in [-0.4, -0.2) is 61.8 Å². The summed E-state index contributed by atoms with van der Waals surface area (Å²) in [5.74, 6) is 6.26. The van der Waals surface area contributed by atoms with E-state index in [0.29, 0.717) is 25.8 Å². The lowest BCUT2D eigenvalue weighted by molar-refractivity contribution is -0.121. The molecular formula is C37H42N4O6. The average Bonchev–Trinajstić information content (AvgIpc) is 3.62. The first kappa shape index (κ1) is 32.5. The molecule has 2 aromatic carbocycles. The summed E-state index contributed by atoms with van der Waals surface area (Å²) in [4.78, 5) is 19.3. The number of aromatic hydroxyl groups is 1. The van der Waals surface area contributed by atoms with Gasteiger partial charge in [0, 0.05) is 37.2 Å². The summed E-state index contributed by atoms with van der Waals surface area (Å²) in [5.41, 5.74) is 13.7. The van der Waals surface area contributed by atoms with Crippen LogP contribution < -0.4 is 15.8 Å². The van der Waals surface area contributed by atoms with E-state index in [0.717, 1.165) is 51.1 Å². The highest BCUT2D eigenvalue weighted by Gasteiger charge is 2.33. The Bertz CT molecular complexity index is 1720. The standard InChI is InChI=1S/C37H42N4O6/c1-2-4-24(42)17-26(44)18-25(43)9-7-22-8-12-34(46)35(15-22)47-36-6-3-5-33(45)28-10-11-29-27(13-14-39-37(29)38)30(28)16-23-19-40-32-21-41(36)20-31(23)32/h8,10-15,19-20,24,26,33,36-37,39,42,44-46H,2,4,6-7,9,16-18,21,38H2,1H3. The molecule has 2 bridgehead atoms. The summed E-state index contributed by atoms with van der Waals surface area (Å²) in [5, 5.41) is 45.3. The van der Waals surface area contributed by atoms with Gasteiger partial charge in [-0.25, -0.2) is 0 Å². The zero-order chi connectivity index (χ0) is 33.1. The van der Waals surface area contributed by atoms with E-state index in [4.69, 9.17) is 15.5 Å². The Kier molecular flexibility index (Phi) is 9.80. The number of phenolic OH excluding ortho intramolecular Hbond substituents is 1. The molecular weight excluding hydrogens is 596 g/mol. The molecule has 10 nitrogen and oxygen atoms in total. The molecule has 4 aliphatic rings. The molecule has 5 atom stereocenters. The van der Waals surface area contributed by atoms with Gasteiger partial charge in [-0.2, -0.15) is 0 Å². The number of ether oxygens (including phenoxy) is 1. The van der Waals surface area contributed by atoms with Gasteiger partial charge in [0.05, 0.1) is 30.9 Å². The van der Waals surface area contributed by atoms with Crippen molar-refractivity contribution in [3.63, 3.8) is 0 Å². The first-order chi connectivity index (χ1) is 22.7. The predicted molar refractivity (Wildman–Crippen MR) is 179 cm³/mol. The Morgan fingerprint density at radius 3 is 2.87 bits per heavy atom. The van der Waals surface area contributed by atoms with Crippen molar-refractivity contribution in [3.8, 4) is 23.3 Å². The van der Waals surface area contributed by atoms with Crippen molar-refractivity contribution in [2.75, 3.05) is 6.54 Å². The Hall–Kier alpha value is -4.40. The minimum absolute atomic E-state index is 0.00679. The number of fused-ring (bicyclic) bond motifs is 4. The topological polar surface area (TPSA) is 161 Å². The maximum absolute atomic E-state index is 12.6. The number of aliphatic hydroxyl groups excluding tert-OH is 3. The van der Waals surface area contributed by atoms with Gasteiger partial charge < -0.3 is 41.1 Å². The lowest BCUT2D eigenvalue weighted by atomic mass is 9.86. The minimum atomic E-state index is -1.03. The Morgan fingerprint density at radius 1 is 1.21 bits per heavy atom. The number of ketones is 1. The Morgan fingerprint density at radius 2 is 2.04 bits per heavy atom. The van der Waals surface area contributed by atoms with E-state index < -0.39 is 24.5 Å². The van der Waals surface area contributed by atoms with Crippen LogP contribution in [0.5, 0.6) is 11.5 Å². The van der Waals surface area contributed by atoms with Crippen LogP contribution in [0.2, 0.25) is 0 Å². The first-order valence-electron chi connectivity index (χ1n) is 16.3. The predicted octanol–water partition coefficient (Wildman–Crippen LogP) is 3.65. The van der Waals surface area contributed by atoms with Crippen molar-refractivity contribution in [3.05, 3.63) is 87.9 Å². The van der Waals surface area contributed by atoms with Gasteiger partial charge in [-0.3, -0.25) is 9.79 Å². The molecule has 0 fully saturated rings. The molecule has 47 heavy (non-hydrogen) atoms. The minimum Gasteiger partial charge on any atom is -0.504 e. The molecule has 0 radical (unpaired) electrons. The van der Waals surface area contributed by atoms with Crippen LogP contribution in [0, 0.1) is 11.8 Å². The molecule has 4 heterocycles. The van der Waals surface area contributed by atoms with Crippen molar-refractivity contribution in [1.82, 2.24) is 10.2 Å². The van der Waals surface area contributed by atoms with E-state index in [-0.39, 0.29) is 49.1 Å². The van der Waals surface area contributed by atoms with E-state index in [9.17, 15) is 25.2 Å². The van der Waals surface area contributed by atoms with Gasteiger partial charge in [0.1, 0.15) is 18.1 Å². The average molecular weight is 639 g/mol. The number of Topliss-reactive ketones (excluding diaryl/α,β-unsaturated/α-hetero) is 1. The normalized spacial score (nSPS) is 22.2. The van der Waals surface area contributed by atoms with Crippen molar-refractivity contribution in [2.24, 2.45) is 10.7 Å². The van der Waals surface area contributed by atoms with Crippen molar-refractivity contribution in [1.29, 1.82) is 0 Å². The Balaban J connectivity index is 1.20. The number of rotatable bonds is 11. The van der Waals surface area contributed by atoms with E-state index in [1.165, 1.54) is 0 Å². The van der Waals surface area contributed by atoms with Crippen LogP contribution >= 0.6 is 0 Å². The molecule has 10 heteroatoms. The number of allylic oxidation sites excluding steroid dienone is 1. The Labute approximate surface area is 275 Å². The summed E-state index contributed by atoms with van der Waals surface area (Å²) in [6.07, 6.45) is 7.30. The van der Waals surface area contributed by atoms with Crippen LogP contribution in [0.15, 0.2) is 65.1 Å². The number of nitrogens with two attached hydrogens (primary N) is 1. The number of nitrogens with zero attached hydrogens (tertiary/aromatic N) is 2. The lowest BCUT2D eigenvalue weighted by Crippen LogP contribution is -2.35. The third-order valence-electron chi connectivity index (χ3n) is 9.10. The maximum Gasteiger partial charge on any atom is 0.183 e. The molecule has 5 unspecified atom stereocenters. The van der Waals surface area contributed by atoms with Crippen LogP contribution in [0.4, 0.5) is 0 Å². The fourth-order valence-corrected chi connectivity index (χ4v) is 6.61. The number of hydrogen-bond donors (Lipinski definition) is 6. The highest BCUT2D eigenvalue weighted by atomic mass is 16.5. The quantitative estimate of drug-likeness (QED) is 0.202. The van der Waals surface area contributed by atoms with Gasteiger partial charge in [0.15, 0.2) is 17.7 Å². The van der Waals surface area contributed by atoms with E-state index in [1.807, 2.05) is 48.6 Å². The molecule has 0 aliphatic carbocycles. The monoisotopic (exact) mass is 638 g/mol. The number of benzene rings is 2. The maximum atomic E-state index is 12.6. The number of carbonyl (C=O) groups is 1. The summed E-state index contributed by atoms with van der Waals surface area (Å²) in [7, 11) is 0. The zero-order valence-electron chi connectivity index (χ0n) is 26.5. The van der Waals surface area contributed by atoms with Crippen molar-refractivity contribution < 1.29 is 30.0 Å². The number of hydrogen-bond acceptors (Lipinski definition) is 10. The summed E-state index contributed by atoms with van der Waals surface area (Å²) in [6, 6.07) is 8.85. The van der Waals surface area contributed by atoms with Crippen molar-refractivity contribution in [2.45, 2.75) is 89.0 Å². The summed E-state index contributed by atoms with van der Waals surface area (Å²) in [6.45, 7) is 2.46. The number of phenols is 1. The lowest BCUT2D eigenvalue weighted by Gasteiger charge is -2.28. The van der Waals surface area contributed by atoms with Gasteiger partial charge in [-0.05, 0) is 77.1 Å². The summed E-state index contributed by atoms with van der Waals surface area (Å²) < 4.78 is 6.39. The molecule has 7 N–H and O–H groups in total. The number of aliphatic hydroxyl groups is 3. The highest BCUT2D eigenvalue weighted by molar-refractivity contribution is 6.09. The molecule has 4 aliphatic heterocycles. The molecule has 0 saturated carbocycles. The van der Waals surface area contributed by atoms with Crippen LogP contribution in [0.25, 0.3) is 6.08 Å². The third-order valence-corrected chi connectivity index (χ3v) is 9.10. The molecule has 2 aromatic rings. The van der Waals surface area contributed by atoms with Crippen LogP contribution in [0.1, 0.15) is 85.5 Å². The van der Waals surface area contributed by atoms with Gasteiger partial charge in [0.25, 0.3) is 0 Å². The van der Waals surface area contributed by atoms with E-state index >= 15 is 0 Å². The zero-order valence-corrected chi connectivity index (χ0v) is 26.5.